The second kappa shape index (κ2) is 4.85. The van der Waals surface area contributed by atoms with Crippen LogP contribution in [0.1, 0.15) is 5.69 Å². The summed E-state index contributed by atoms with van der Waals surface area (Å²) < 4.78 is 11.6. The van der Waals surface area contributed by atoms with Crippen LogP contribution in [-0.2, 0) is 0 Å². The van der Waals surface area contributed by atoms with E-state index in [0.717, 1.165) is 3.70 Å². The van der Waals surface area contributed by atoms with Gasteiger partial charge in [0.25, 0.3) is 11.8 Å². The molecule has 16 heavy (non-hydrogen) atoms. The Morgan fingerprint density at radius 2 is 1.75 bits per heavy atom. The molecule has 1 aromatic heterocycles. The van der Waals surface area contributed by atoms with E-state index in [1.165, 1.54) is 14.2 Å². The summed E-state index contributed by atoms with van der Waals surface area (Å²) in [5, 5.41) is 0.531. The van der Waals surface area contributed by atoms with Crippen LogP contribution in [0.4, 0.5) is 0 Å². The lowest BCUT2D eigenvalue weighted by molar-refractivity contribution is 0.330. The first-order valence-electron chi connectivity index (χ1n) is 4.20. The molecule has 2 heterocycles. The first-order valence-corrected chi connectivity index (χ1v) is 7.12. The Labute approximate surface area is 112 Å². The molecule has 0 atom stereocenters. The van der Waals surface area contributed by atoms with E-state index in [1.54, 1.807) is 6.08 Å². The molecule has 0 aromatic carbocycles. The van der Waals surface area contributed by atoms with Crippen molar-refractivity contribution in [3.05, 3.63) is 14.4 Å². The first kappa shape index (κ1) is 12.1. The van der Waals surface area contributed by atoms with Crippen LogP contribution in [0.5, 0.6) is 11.8 Å². The van der Waals surface area contributed by atoms with E-state index in [4.69, 9.17) is 32.7 Å². The minimum Gasteiger partial charge on any atom is -0.477 e. The van der Waals surface area contributed by atoms with E-state index in [2.05, 4.69) is 9.97 Å². The fraction of sp³-hybridized carbons (Fsp3) is 0.222. The Kier molecular flexibility index (Phi) is 3.66. The Bertz CT molecular complexity index is 458. The summed E-state index contributed by atoms with van der Waals surface area (Å²) in [6, 6.07) is 0. The predicted octanol–water partition coefficient (Wildman–Crippen LogP) is 2.60. The predicted molar refractivity (Wildman–Crippen MR) is 72.5 cm³/mol. The van der Waals surface area contributed by atoms with E-state index >= 15 is 0 Å². The van der Waals surface area contributed by atoms with Crippen LogP contribution in [0.2, 0.25) is 0 Å². The average molecular weight is 373 g/mol. The smallest absolute Gasteiger partial charge is 0.278 e. The maximum absolute atomic E-state index is 5.99. The third kappa shape index (κ3) is 2.16. The third-order valence-corrected chi connectivity index (χ3v) is 5.57. The molecule has 0 unspecified atom stereocenters. The number of allylic oxidation sites excluding steroid dienone is 1. The van der Waals surface area contributed by atoms with Gasteiger partial charge in [0, 0.05) is 0 Å². The molecule has 1 aromatic rings. The summed E-state index contributed by atoms with van der Waals surface area (Å²) in [6.45, 7) is 0. The van der Waals surface area contributed by atoms with Crippen molar-refractivity contribution < 1.29 is 9.47 Å². The zero-order chi connectivity index (χ0) is 11.7. The van der Waals surface area contributed by atoms with E-state index in [-0.39, 0.29) is 0 Å². The van der Waals surface area contributed by atoms with Crippen molar-refractivity contribution in [3.8, 4) is 11.8 Å². The number of ether oxygens (including phenoxy) is 2. The van der Waals surface area contributed by atoms with Gasteiger partial charge in [0.15, 0.2) is 0 Å². The lowest BCUT2D eigenvalue weighted by Crippen LogP contribution is -2.04. The van der Waals surface area contributed by atoms with Crippen molar-refractivity contribution in [1.82, 2.24) is 9.97 Å². The Morgan fingerprint density at radius 1 is 1.12 bits per heavy atom. The van der Waals surface area contributed by atoms with Crippen LogP contribution >= 0.6 is 43.9 Å². The molecule has 0 radical (unpaired) electrons. The number of nitrogens with zero attached hydrogens (tertiary/aromatic N) is 2. The van der Waals surface area contributed by atoms with Crippen molar-refractivity contribution in [1.29, 1.82) is 0 Å². The molecule has 1 aliphatic rings. The SMILES string of the molecule is COc1nc2c(nc1OC)I=C(Cl)C(Cl)=C2. The summed E-state index contributed by atoms with van der Waals surface area (Å²) in [5.74, 6) is 0.723. The normalized spacial score (nSPS) is 14.2. The van der Waals surface area contributed by atoms with Crippen LogP contribution in [0, 0.1) is 3.70 Å². The van der Waals surface area contributed by atoms with Gasteiger partial charge in [-0.05, 0) is 26.8 Å². The van der Waals surface area contributed by atoms with Crippen LogP contribution in [0.25, 0.3) is 6.08 Å². The zero-order valence-corrected chi connectivity index (χ0v) is 12.1. The van der Waals surface area contributed by atoms with Crippen molar-refractivity contribution >= 4 is 53.0 Å². The van der Waals surface area contributed by atoms with Crippen molar-refractivity contribution in [2.24, 2.45) is 0 Å². The number of hydrogen-bond donors (Lipinski definition) is 0. The van der Waals surface area contributed by atoms with E-state index < -0.39 is 20.7 Å². The van der Waals surface area contributed by atoms with Gasteiger partial charge < -0.3 is 9.47 Å². The molecule has 0 aliphatic carbocycles. The summed E-state index contributed by atoms with van der Waals surface area (Å²) >= 11 is 11.4. The lowest BCUT2D eigenvalue weighted by atomic mass is 10.4. The van der Waals surface area contributed by atoms with Gasteiger partial charge in [-0.25, -0.2) is 9.97 Å². The summed E-state index contributed by atoms with van der Waals surface area (Å²) in [5.41, 5.74) is 0.708. The Morgan fingerprint density at radius 3 is 2.38 bits per heavy atom. The van der Waals surface area contributed by atoms with Gasteiger partial charge in [0.2, 0.25) is 0 Å². The first-order chi connectivity index (χ1) is 7.65. The molecule has 0 spiro atoms. The molecule has 1 aliphatic heterocycles. The fourth-order valence-corrected chi connectivity index (χ4v) is 3.73. The van der Waals surface area contributed by atoms with E-state index in [0.29, 0.717) is 25.5 Å². The molecule has 2 rings (SSSR count). The van der Waals surface area contributed by atoms with E-state index in [9.17, 15) is 0 Å². The highest BCUT2D eigenvalue weighted by Gasteiger charge is 2.18. The fourth-order valence-electron chi connectivity index (χ4n) is 1.12. The van der Waals surface area contributed by atoms with Gasteiger partial charge in [-0.3, -0.25) is 0 Å². The minimum absolute atomic E-state index is 0.351. The second-order valence-corrected chi connectivity index (χ2v) is 6.83. The van der Waals surface area contributed by atoms with Gasteiger partial charge in [-0.2, -0.15) is 0 Å². The number of hydrogen-bond acceptors (Lipinski definition) is 4. The zero-order valence-electron chi connectivity index (χ0n) is 8.42. The van der Waals surface area contributed by atoms with Gasteiger partial charge in [-0.1, -0.05) is 23.2 Å². The van der Waals surface area contributed by atoms with E-state index in [1.807, 2.05) is 0 Å². The van der Waals surface area contributed by atoms with Crippen molar-refractivity contribution in [3.63, 3.8) is 0 Å². The molecule has 0 saturated heterocycles. The number of aromatic nitrogens is 2. The number of halogens is 3. The summed E-state index contributed by atoms with van der Waals surface area (Å²) in [6.07, 6.45) is 1.69. The number of rotatable bonds is 2. The summed E-state index contributed by atoms with van der Waals surface area (Å²) in [4.78, 5) is 8.59. The van der Waals surface area contributed by atoms with Crippen LogP contribution in [0.15, 0.2) is 5.03 Å². The largest absolute Gasteiger partial charge is 0.477 e. The summed E-state index contributed by atoms with van der Waals surface area (Å²) in [7, 11) is 3.04. The number of methoxy groups -OCH3 is 2. The highest BCUT2D eigenvalue weighted by atomic mass is 127. The van der Waals surface area contributed by atoms with Crippen LogP contribution in [-0.4, -0.2) is 27.2 Å². The highest BCUT2D eigenvalue weighted by Crippen LogP contribution is 2.33. The van der Waals surface area contributed by atoms with Gasteiger partial charge in [0.1, 0.15) is 9.39 Å². The Balaban J connectivity index is 2.60. The Hall–Kier alpha value is -0.400. The molecule has 4 nitrogen and oxygen atoms in total. The van der Waals surface area contributed by atoms with Crippen molar-refractivity contribution in [2.45, 2.75) is 0 Å². The molecule has 0 amide bonds. The van der Waals surface area contributed by atoms with Crippen molar-refractivity contribution in [2.75, 3.05) is 14.2 Å². The standard InChI is InChI=1S/C9H7Cl2IN2O2/c1-15-8-9(16-2)14-7-5(13-8)3-4(10)6(11)12-7/h3H,1-2H3. The van der Waals surface area contributed by atoms with Gasteiger partial charge in [-0.15, -0.1) is 0 Å². The van der Waals surface area contributed by atoms with Crippen LogP contribution < -0.4 is 9.47 Å². The molecule has 0 fully saturated rings. The third-order valence-electron chi connectivity index (χ3n) is 1.82. The maximum atomic E-state index is 5.99. The lowest BCUT2D eigenvalue weighted by Gasteiger charge is -2.11. The minimum atomic E-state index is -0.576. The highest BCUT2D eigenvalue weighted by molar-refractivity contribution is 14.2. The molecule has 0 N–H and O–H groups in total. The molecular weight excluding hydrogens is 366 g/mol. The molecule has 7 heteroatoms. The average Bonchev–Trinajstić information content (AvgIpc) is 2.29. The monoisotopic (exact) mass is 372 g/mol. The second-order valence-electron chi connectivity index (χ2n) is 2.77. The molecule has 0 bridgehead atoms. The molecule has 0 saturated carbocycles. The maximum Gasteiger partial charge on any atom is 0.278 e. The number of fused-ring (bicyclic) bond motifs is 1. The molecule has 86 valence electrons. The van der Waals surface area contributed by atoms with Gasteiger partial charge in [0.05, 0.1) is 22.2 Å². The van der Waals surface area contributed by atoms with Gasteiger partial charge >= 0.3 is 0 Å². The van der Waals surface area contributed by atoms with Crippen LogP contribution in [0.3, 0.4) is 0 Å². The topological polar surface area (TPSA) is 44.2 Å². The molecular formula is C9H7Cl2IN2O2. The quantitative estimate of drug-likeness (QED) is 0.748.